The lowest BCUT2D eigenvalue weighted by Crippen LogP contribution is -2.08. The average Bonchev–Trinajstić information content (AvgIpc) is 2.99. The number of aryl methyl sites for hydroxylation is 2. The molecular weight excluding hydrogens is 334 g/mol. The number of anilines is 2. The fraction of sp³-hybridized carbons (Fsp3) is 0.278. The second-order valence-corrected chi connectivity index (χ2v) is 5.60. The van der Waals surface area contributed by atoms with Crippen LogP contribution in [0.4, 0.5) is 11.6 Å². The predicted molar refractivity (Wildman–Crippen MR) is 98.0 cm³/mol. The van der Waals surface area contributed by atoms with E-state index in [9.17, 15) is 0 Å². The standard InChI is InChI=1S/C18H21N5O3/c1-11-6-7-12(2)23(11)18-20-10-19-17(22-18)21-13-8-14(24-3)16(26-5)15(9-13)25-4/h6-10H,1-5H3,(H,19,20,21,22). The van der Waals surface area contributed by atoms with Crippen molar-refractivity contribution in [1.82, 2.24) is 19.5 Å². The molecule has 0 radical (unpaired) electrons. The summed E-state index contributed by atoms with van der Waals surface area (Å²) in [5.74, 6) is 2.57. The fourth-order valence-corrected chi connectivity index (χ4v) is 2.72. The van der Waals surface area contributed by atoms with Gasteiger partial charge in [0.25, 0.3) is 0 Å². The third-order valence-electron chi connectivity index (χ3n) is 3.95. The molecule has 0 spiro atoms. The highest BCUT2D eigenvalue weighted by molar-refractivity contribution is 5.65. The highest BCUT2D eigenvalue weighted by Crippen LogP contribution is 2.40. The smallest absolute Gasteiger partial charge is 0.238 e. The van der Waals surface area contributed by atoms with Gasteiger partial charge in [-0.05, 0) is 26.0 Å². The zero-order valence-electron chi connectivity index (χ0n) is 15.4. The van der Waals surface area contributed by atoms with Crippen molar-refractivity contribution < 1.29 is 14.2 Å². The van der Waals surface area contributed by atoms with Crippen LogP contribution >= 0.6 is 0 Å². The van der Waals surface area contributed by atoms with Gasteiger partial charge in [0.2, 0.25) is 17.6 Å². The summed E-state index contributed by atoms with van der Waals surface area (Å²) in [7, 11) is 4.70. The Morgan fingerprint density at radius 3 is 2.04 bits per heavy atom. The maximum absolute atomic E-state index is 5.37. The number of nitrogens with one attached hydrogen (secondary N) is 1. The zero-order valence-corrected chi connectivity index (χ0v) is 15.4. The largest absolute Gasteiger partial charge is 0.493 e. The molecule has 3 rings (SSSR count). The number of nitrogens with zero attached hydrogens (tertiary/aromatic N) is 4. The van der Waals surface area contributed by atoms with Gasteiger partial charge in [-0.1, -0.05) is 0 Å². The van der Waals surface area contributed by atoms with Gasteiger partial charge in [0, 0.05) is 29.2 Å². The van der Waals surface area contributed by atoms with Crippen molar-refractivity contribution in [3.8, 4) is 23.2 Å². The minimum Gasteiger partial charge on any atom is -0.493 e. The molecule has 0 amide bonds. The van der Waals surface area contributed by atoms with E-state index in [1.165, 1.54) is 6.33 Å². The number of aromatic nitrogens is 4. The number of ether oxygens (including phenoxy) is 3. The van der Waals surface area contributed by atoms with Crippen molar-refractivity contribution in [1.29, 1.82) is 0 Å². The Balaban J connectivity index is 1.96. The lowest BCUT2D eigenvalue weighted by Gasteiger charge is -2.15. The SMILES string of the molecule is COc1cc(Nc2ncnc(-n3c(C)ccc3C)n2)cc(OC)c1OC. The van der Waals surface area contributed by atoms with Crippen LogP contribution in [-0.4, -0.2) is 40.8 Å². The molecule has 2 aromatic heterocycles. The minimum absolute atomic E-state index is 0.414. The molecule has 0 bridgehead atoms. The summed E-state index contributed by atoms with van der Waals surface area (Å²) in [6.45, 7) is 4.01. The molecule has 1 N–H and O–H groups in total. The molecule has 8 heteroatoms. The van der Waals surface area contributed by atoms with Crippen molar-refractivity contribution in [3.63, 3.8) is 0 Å². The van der Waals surface area contributed by atoms with Crippen LogP contribution in [0.3, 0.4) is 0 Å². The Morgan fingerprint density at radius 2 is 1.50 bits per heavy atom. The molecular formula is C18H21N5O3. The van der Waals surface area contributed by atoms with Gasteiger partial charge in [-0.25, -0.2) is 9.97 Å². The molecule has 0 unspecified atom stereocenters. The maximum Gasteiger partial charge on any atom is 0.238 e. The van der Waals surface area contributed by atoms with Crippen molar-refractivity contribution in [2.45, 2.75) is 13.8 Å². The number of hydrogen-bond acceptors (Lipinski definition) is 7. The summed E-state index contributed by atoms with van der Waals surface area (Å²) < 4.78 is 18.0. The van der Waals surface area contributed by atoms with Crippen LogP contribution in [0.1, 0.15) is 11.4 Å². The normalized spacial score (nSPS) is 10.5. The van der Waals surface area contributed by atoms with E-state index in [2.05, 4.69) is 20.3 Å². The van der Waals surface area contributed by atoms with Gasteiger partial charge in [-0.3, -0.25) is 4.57 Å². The van der Waals surface area contributed by atoms with Crippen molar-refractivity contribution >= 4 is 11.6 Å². The molecule has 8 nitrogen and oxygen atoms in total. The van der Waals surface area contributed by atoms with Crippen LogP contribution < -0.4 is 19.5 Å². The third-order valence-corrected chi connectivity index (χ3v) is 3.95. The van der Waals surface area contributed by atoms with Gasteiger partial charge < -0.3 is 19.5 Å². The molecule has 0 saturated heterocycles. The Labute approximate surface area is 151 Å². The summed E-state index contributed by atoms with van der Waals surface area (Å²) in [5.41, 5.74) is 2.80. The van der Waals surface area contributed by atoms with Crippen LogP contribution in [0.5, 0.6) is 17.2 Å². The molecule has 0 atom stereocenters. The van der Waals surface area contributed by atoms with Crippen LogP contribution in [-0.2, 0) is 0 Å². The average molecular weight is 355 g/mol. The number of benzene rings is 1. The maximum atomic E-state index is 5.37. The van der Waals surface area contributed by atoms with Crippen molar-refractivity contribution in [3.05, 3.63) is 42.0 Å². The monoisotopic (exact) mass is 355 g/mol. The van der Waals surface area contributed by atoms with Crippen LogP contribution in [0.15, 0.2) is 30.6 Å². The molecule has 3 aromatic rings. The summed E-state index contributed by atoms with van der Waals surface area (Å²) in [4.78, 5) is 13.0. The molecule has 1 aromatic carbocycles. The topological polar surface area (TPSA) is 83.3 Å². The fourth-order valence-electron chi connectivity index (χ4n) is 2.72. The Hall–Kier alpha value is -3.29. The Morgan fingerprint density at radius 1 is 0.885 bits per heavy atom. The molecule has 0 aliphatic carbocycles. The van der Waals surface area contributed by atoms with E-state index in [0.29, 0.717) is 34.8 Å². The zero-order chi connectivity index (χ0) is 18.7. The molecule has 0 saturated carbocycles. The van der Waals surface area contributed by atoms with E-state index < -0.39 is 0 Å². The van der Waals surface area contributed by atoms with Gasteiger partial charge in [-0.15, -0.1) is 0 Å². The molecule has 0 fully saturated rings. The molecule has 0 aliphatic rings. The third kappa shape index (κ3) is 3.26. The van der Waals surface area contributed by atoms with E-state index >= 15 is 0 Å². The summed E-state index contributed by atoms with van der Waals surface area (Å²) in [6, 6.07) is 7.62. The van der Waals surface area contributed by atoms with Gasteiger partial charge in [0.1, 0.15) is 6.33 Å². The predicted octanol–water partition coefficient (Wildman–Crippen LogP) is 3.05. The molecule has 2 heterocycles. The lowest BCUT2D eigenvalue weighted by atomic mass is 10.2. The first kappa shape index (κ1) is 17.5. The van der Waals surface area contributed by atoms with E-state index in [1.807, 2.05) is 30.5 Å². The number of methoxy groups -OCH3 is 3. The highest BCUT2D eigenvalue weighted by atomic mass is 16.5. The molecule has 0 aliphatic heterocycles. The van der Waals surface area contributed by atoms with Gasteiger partial charge >= 0.3 is 0 Å². The van der Waals surface area contributed by atoms with Crippen LogP contribution in [0.2, 0.25) is 0 Å². The second-order valence-electron chi connectivity index (χ2n) is 5.60. The highest BCUT2D eigenvalue weighted by Gasteiger charge is 2.14. The van der Waals surface area contributed by atoms with E-state index in [-0.39, 0.29) is 0 Å². The van der Waals surface area contributed by atoms with Crippen LogP contribution in [0, 0.1) is 13.8 Å². The van der Waals surface area contributed by atoms with Crippen molar-refractivity contribution in [2.24, 2.45) is 0 Å². The van der Waals surface area contributed by atoms with Gasteiger partial charge in [0.15, 0.2) is 11.5 Å². The van der Waals surface area contributed by atoms with E-state index in [0.717, 1.165) is 11.4 Å². The number of rotatable bonds is 6. The summed E-state index contributed by atoms with van der Waals surface area (Å²) in [6.07, 6.45) is 1.47. The minimum atomic E-state index is 0.414. The molecule has 136 valence electrons. The summed E-state index contributed by atoms with van der Waals surface area (Å²) in [5, 5.41) is 3.15. The number of hydrogen-bond donors (Lipinski definition) is 1. The van der Waals surface area contributed by atoms with Crippen LogP contribution in [0.25, 0.3) is 5.95 Å². The first-order valence-electron chi connectivity index (χ1n) is 7.98. The second kappa shape index (κ2) is 7.30. The van der Waals surface area contributed by atoms with Crippen molar-refractivity contribution in [2.75, 3.05) is 26.6 Å². The molecule has 26 heavy (non-hydrogen) atoms. The lowest BCUT2D eigenvalue weighted by molar-refractivity contribution is 0.324. The summed E-state index contributed by atoms with van der Waals surface area (Å²) >= 11 is 0. The first-order chi connectivity index (χ1) is 12.6. The first-order valence-corrected chi connectivity index (χ1v) is 7.98. The van der Waals surface area contributed by atoms with E-state index in [4.69, 9.17) is 14.2 Å². The Bertz CT molecular complexity index is 878. The Kier molecular flexibility index (Phi) is 4.92. The van der Waals surface area contributed by atoms with E-state index in [1.54, 1.807) is 33.5 Å². The quantitative estimate of drug-likeness (QED) is 0.727. The van der Waals surface area contributed by atoms with Gasteiger partial charge in [-0.2, -0.15) is 4.98 Å². The van der Waals surface area contributed by atoms with Gasteiger partial charge in [0.05, 0.1) is 21.3 Å².